The molecular formula is C14H18F3N3O3S. The highest BCUT2D eigenvalue weighted by Crippen LogP contribution is 2.30. The number of alkyl halides is 3. The fraction of sp³-hybridized carbons (Fsp3) is 0.500. The van der Waals surface area contributed by atoms with Crippen molar-refractivity contribution in [1.29, 1.82) is 0 Å². The van der Waals surface area contributed by atoms with Crippen LogP contribution in [0.4, 0.5) is 13.2 Å². The highest BCUT2D eigenvalue weighted by molar-refractivity contribution is 7.89. The minimum absolute atomic E-state index is 0.189. The summed E-state index contributed by atoms with van der Waals surface area (Å²) in [6, 6.07) is 3.36. The standard InChI is InChI=1S/C14H18F3N3O3S/c15-14(16,17)11-2-1-3-12(6-11)24(22,23)19-8-13(21)20-5-4-10(7-18)9-20/h1-3,6,10,19H,4-5,7-9,18H2. The fourth-order valence-corrected chi connectivity index (χ4v) is 3.46. The molecule has 0 aromatic heterocycles. The molecule has 6 nitrogen and oxygen atoms in total. The summed E-state index contributed by atoms with van der Waals surface area (Å²) < 4.78 is 64.2. The van der Waals surface area contributed by atoms with Crippen molar-refractivity contribution in [1.82, 2.24) is 9.62 Å². The van der Waals surface area contributed by atoms with Crippen LogP contribution in [-0.4, -0.2) is 45.4 Å². The fourth-order valence-electron chi connectivity index (χ4n) is 2.44. The summed E-state index contributed by atoms with van der Waals surface area (Å²) in [5.74, 6) is -0.240. The van der Waals surface area contributed by atoms with E-state index in [4.69, 9.17) is 5.73 Å². The van der Waals surface area contributed by atoms with Gasteiger partial charge in [0.05, 0.1) is 17.0 Å². The van der Waals surface area contributed by atoms with Gasteiger partial charge < -0.3 is 10.6 Å². The molecule has 1 aliphatic heterocycles. The summed E-state index contributed by atoms with van der Waals surface area (Å²) in [5, 5.41) is 0. The lowest BCUT2D eigenvalue weighted by molar-refractivity contribution is -0.137. The SMILES string of the molecule is NCC1CCN(C(=O)CNS(=O)(=O)c2cccc(C(F)(F)F)c2)C1. The molecule has 10 heteroatoms. The molecule has 24 heavy (non-hydrogen) atoms. The first-order valence-corrected chi connectivity index (χ1v) is 8.76. The molecule has 1 aromatic rings. The minimum atomic E-state index is -4.64. The molecule has 0 radical (unpaired) electrons. The lowest BCUT2D eigenvalue weighted by Gasteiger charge is -2.17. The molecule has 1 fully saturated rings. The lowest BCUT2D eigenvalue weighted by Crippen LogP contribution is -2.39. The first-order valence-electron chi connectivity index (χ1n) is 7.28. The Morgan fingerprint density at radius 1 is 1.38 bits per heavy atom. The first-order chi connectivity index (χ1) is 11.1. The Hall–Kier alpha value is -1.65. The summed E-state index contributed by atoms with van der Waals surface area (Å²) in [6.07, 6.45) is -3.89. The highest BCUT2D eigenvalue weighted by atomic mass is 32.2. The van der Waals surface area contributed by atoms with Crippen molar-refractivity contribution in [2.75, 3.05) is 26.2 Å². The molecule has 1 aromatic carbocycles. The number of rotatable bonds is 5. The average molecular weight is 365 g/mol. The van der Waals surface area contributed by atoms with Crippen molar-refractivity contribution in [2.24, 2.45) is 11.7 Å². The molecule has 0 bridgehead atoms. The van der Waals surface area contributed by atoms with E-state index in [0.717, 1.165) is 24.6 Å². The van der Waals surface area contributed by atoms with Crippen LogP contribution in [0.2, 0.25) is 0 Å². The van der Waals surface area contributed by atoms with E-state index in [1.165, 1.54) is 4.90 Å². The number of hydrogen-bond donors (Lipinski definition) is 2. The van der Waals surface area contributed by atoms with Crippen LogP contribution in [0.5, 0.6) is 0 Å². The van der Waals surface area contributed by atoms with E-state index in [9.17, 15) is 26.4 Å². The summed E-state index contributed by atoms with van der Waals surface area (Å²) in [7, 11) is -4.21. The van der Waals surface area contributed by atoms with Crippen LogP contribution < -0.4 is 10.5 Å². The lowest BCUT2D eigenvalue weighted by atomic mass is 10.1. The van der Waals surface area contributed by atoms with E-state index in [1.807, 2.05) is 4.72 Å². The van der Waals surface area contributed by atoms with E-state index in [0.29, 0.717) is 25.7 Å². The van der Waals surface area contributed by atoms with Gasteiger partial charge in [-0.05, 0) is 37.1 Å². The van der Waals surface area contributed by atoms with Crippen LogP contribution in [-0.2, 0) is 21.0 Å². The van der Waals surface area contributed by atoms with Gasteiger partial charge in [-0.3, -0.25) is 4.79 Å². The third kappa shape index (κ3) is 4.46. The molecule has 1 amide bonds. The maximum absolute atomic E-state index is 12.7. The van der Waals surface area contributed by atoms with E-state index in [2.05, 4.69) is 0 Å². The Balaban J connectivity index is 2.03. The van der Waals surface area contributed by atoms with Crippen molar-refractivity contribution >= 4 is 15.9 Å². The molecule has 0 aliphatic carbocycles. The van der Waals surface area contributed by atoms with Crippen LogP contribution in [0.15, 0.2) is 29.2 Å². The molecular weight excluding hydrogens is 347 g/mol. The Kier molecular flexibility index (Phi) is 5.51. The summed E-state index contributed by atoms with van der Waals surface area (Å²) in [4.78, 5) is 12.9. The average Bonchev–Trinajstić information content (AvgIpc) is 3.01. The summed E-state index contributed by atoms with van der Waals surface area (Å²) in [6.45, 7) is 0.891. The number of likely N-dealkylation sites (tertiary alicyclic amines) is 1. The topological polar surface area (TPSA) is 92.5 Å². The third-order valence-corrected chi connectivity index (χ3v) is 5.26. The summed E-state index contributed by atoms with van der Waals surface area (Å²) in [5.41, 5.74) is 4.46. The second-order valence-corrected chi connectivity index (χ2v) is 7.35. The predicted molar refractivity (Wildman–Crippen MR) is 80.4 cm³/mol. The van der Waals surface area contributed by atoms with Crippen molar-refractivity contribution in [3.05, 3.63) is 29.8 Å². The van der Waals surface area contributed by atoms with Crippen molar-refractivity contribution in [2.45, 2.75) is 17.5 Å². The van der Waals surface area contributed by atoms with Crippen molar-refractivity contribution < 1.29 is 26.4 Å². The van der Waals surface area contributed by atoms with Gasteiger partial charge in [0.15, 0.2) is 0 Å². The number of carbonyl (C=O) groups is 1. The first kappa shape index (κ1) is 18.7. The Morgan fingerprint density at radius 2 is 2.08 bits per heavy atom. The Bertz CT molecular complexity index is 707. The molecule has 0 saturated carbocycles. The molecule has 1 aliphatic rings. The summed E-state index contributed by atoms with van der Waals surface area (Å²) >= 11 is 0. The van der Waals surface area contributed by atoms with Crippen LogP contribution in [0.1, 0.15) is 12.0 Å². The molecule has 1 saturated heterocycles. The van der Waals surface area contributed by atoms with Gasteiger partial charge in [0.1, 0.15) is 0 Å². The number of hydrogen-bond acceptors (Lipinski definition) is 4. The maximum Gasteiger partial charge on any atom is 0.416 e. The largest absolute Gasteiger partial charge is 0.416 e. The van der Waals surface area contributed by atoms with E-state index in [-0.39, 0.29) is 5.92 Å². The molecule has 0 spiro atoms. The van der Waals surface area contributed by atoms with E-state index < -0.39 is 39.1 Å². The zero-order chi connectivity index (χ0) is 18.0. The van der Waals surface area contributed by atoms with Gasteiger partial charge in [0.2, 0.25) is 15.9 Å². The molecule has 134 valence electrons. The monoisotopic (exact) mass is 365 g/mol. The number of carbonyl (C=O) groups excluding carboxylic acids is 1. The van der Waals surface area contributed by atoms with Gasteiger partial charge >= 0.3 is 6.18 Å². The van der Waals surface area contributed by atoms with Crippen molar-refractivity contribution in [3.63, 3.8) is 0 Å². The Labute approximate surface area is 137 Å². The number of halogens is 3. The zero-order valence-electron chi connectivity index (χ0n) is 12.7. The quantitative estimate of drug-likeness (QED) is 0.807. The smallest absolute Gasteiger partial charge is 0.341 e. The molecule has 1 atom stereocenters. The van der Waals surface area contributed by atoms with Crippen LogP contribution in [0, 0.1) is 5.92 Å². The molecule has 1 heterocycles. The molecule has 3 N–H and O–H groups in total. The van der Waals surface area contributed by atoms with Gasteiger partial charge in [0, 0.05) is 13.1 Å². The van der Waals surface area contributed by atoms with Crippen molar-refractivity contribution in [3.8, 4) is 0 Å². The number of nitrogens with two attached hydrogens (primary N) is 1. The van der Waals surface area contributed by atoms with Gasteiger partial charge in [0.25, 0.3) is 0 Å². The highest BCUT2D eigenvalue weighted by Gasteiger charge is 2.32. The van der Waals surface area contributed by atoms with Gasteiger partial charge in [-0.25, -0.2) is 13.1 Å². The predicted octanol–water partition coefficient (Wildman–Crippen LogP) is 0.791. The van der Waals surface area contributed by atoms with Crippen LogP contribution in [0.3, 0.4) is 0 Å². The van der Waals surface area contributed by atoms with E-state index >= 15 is 0 Å². The number of benzene rings is 1. The second kappa shape index (κ2) is 7.08. The van der Waals surface area contributed by atoms with Gasteiger partial charge in [-0.15, -0.1) is 0 Å². The maximum atomic E-state index is 12.7. The van der Waals surface area contributed by atoms with Gasteiger partial charge in [-0.2, -0.15) is 13.2 Å². The minimum Gasteiger partial charge on any atom is -0.341 e. The molecule has 1 unspecified atom stereocenters. The van der Waals surface area contributed by atoms with Crippen LogP contribution >= 0.6 is 0 Å². The second-order valence-electron chi connectivity index (χ2n) is 5.58. The molecule has 2 rings (SSSR count). The zero-order valence-corrected chi connectivity index (χ0v) is 13.5. The number of sulfonamides is 1. The Morgan fingerprint density at radius 3 is 2.67 bits per heavy atom. The van der Waals surface area contributed by atoms with Gasteiger partial charge in [-0.1, -0.05) is 6.07 Å². The van der Waals surface area contributed by atoms with E-state index in [1.54, 1.807) is 0 Å². The number of amides is 1. The number of nitrogens with zero attached hydrogens (tertiary/aromatic N) is 1. The normalized spacial score (nSPS) is 18.8. The number of nitrogens with one attached hydrogen (secondary N) is 1. The van der Waals surface area contributed by atoms with Crippen LogP contribution in [0.25, 0.3) is 0 Å². The third-order valence-electron chi connectivity index (χ3n) is 3.86.